The Hall–Kier alpha value is -3.16. The van der Waals surface area contributed by atoms with Gasteiger partial charge in [-0.15, -0.1) is 0 Å². The molecule has 2 aromatic rings. The van der Waals surface area contributed by atoms with Crippen LogP contribution >= 0.6 is 0 Å². The number of carbonyl (C=O) groups is 1. The smallest absolute Gasteiger partial charge is 0.287 e. The van der Waals surface area contributed by atoms with Crippen molar-refractivity contribution in [3.63, 3.8) is 0 Å². The summed E-state index contributed by atoms with van der Waals surface area (Å²) < 4.78 is 0. The van der Waals surface area contributed by atoms with Crippen LogP contribution in [0, 0.1) is 17.0 Å². The molecule has 1 amide bonds. The minimum absolute atomic E-state index is 0.00509. The molecule has 1 saturated heterocycles. The lowest BCUT2D eigenvalue weighted by Crippen LogP contribution is -2.31. The average Bonchev–Trinajstić information content (AvgIpc) is 3.03. The van der Waals surface area contributed by atoms with Crippen LogP contribution in [0.3, 0.4) is 0 Å². The highest BCUT2D eigenvalue weighted by Gasteiger charge is 2.28. The Bertz CT molecular complexity index is 807. The largest absolute Gasteiger partial charge is 0.507 e. The van der Waals surface area contributed by atoms with Crippen molar-refractivity contribution in [1.82, 2.24) is 9.88 Å². The van der Waals surface area contributed by atoms with Crippen LogP contribution < -0.4 is 5.32 Å². The number of benzene rings is 1. The summed E-state index contributed by atoms with van der Waals surface area (Å²) in [5.41, 5.74) is 1.11. The number of aryl methyl sites for hydroxylation is 1. The van der Waals surface area contributed by atoms with E-state index >= 15 is 0 Å². The molecule has 2 heterocycles. The molecule has 8 nitrogen and oxygen atoms in total. The molecule has 3 rings (SSSR count). The van der Waals surface area contributed by atoms with Crippen LogP contribution in [0.5, 0.6) is 5.75 Å². The lowest BCUT2D eigenvalue weighted by Gasteiger charge is -2.18. The summed E-state index contributed by atoms with van der Waals surface area (Å²) in [5, 5.41) is 23.8. The van der Waals surface area contributed by atoms with Gasteiger partial charge in [-0.2, -0.15) is 0 Å². The Morgan fingerprint density at radius 2 is 2.20 bits per heavy atom. The molecule has 130 valence electrons. The minimum atomic E-state index is -0.499. The van der Waals surface area contributed by atoms with E-state index in [1.807, 2.05) is 6.92 Å². The number of phenols is 1. The quantitative estimate of drug-likeness (QED) is 0.652. The first-order valence-corrected chi connectivity index (χ1v) is 7.90. The molecule has 1 aliphatic rings. The van der Waals surface area contributed by atoms with Gasteiger partial charge in [0.1, 0.15) is 17.8 Å². The number of likely N-dealkylation sites (tertiary alicyclic amines) is 1. The molecule has 1 atom stereocenters. The molecule has 0 aliphatic carbocycles. The summed E-state index contributed by atoms with van der Waals surface area (Å²) in [6.07, 6.45) is 1.93. The zero-order valence-electron chi connectivity index (χ0n) is 13.7. The second-order valence-electron chi connectivity index (χ2n) is 6.06. The van der Waals surface area contributed by atoms with Crippen molar-refractivity contribution in [2.75, 3.05) is 18.4 Å². The fourth-order valence-corrected chi connectivity index (χ4v) is 2.84. The first kappa shape index (κ1) is 16.7. The SMILES string of the molecule is Cc1ccc(C(=O)N2CC[C@@H](Nc3ccc([N+](=O)[O-])cn3)C2)c(O)c1. The number of carbonyl (C=O) groups excluding carboxylic acids is 1. The fourth-order valence-electron chi connectivity index (χ4n) is 2.84. The van der Waals surface area contributed by atoms with Gasteiger partial charge in [0, 0.05) is 25.2 Å². The van der Waals surface area contributed by atoms with Gasteiger partial charge in [0.25, 0.3) is 11.6 Å². The summed E-state index contributed by atoms with van der Waals surface area (Å²) in [5.74, 6) is 0.306. The summed E-state index contributed by atoms with van der Waals surface area (Å²) in [6.45, 7) is 2.89. The van der Waals surface area contributed by atoms with Crippen LogP contribution in [0.1, 0.15) is 22.3 Å². The molecule has 1 aromatic carbocycles. The van der Waals surface area contributed by atoms with Crippen molar-refractivity contribution in [3.8, 4) is 5.75 Å². The van der Waals surface area contributed by atoms with Crippen molar-refractivity contribution in [2.45, 2.75) is 19.4 Å². The maximum atomic E-state index is 12.5. The third-order valence-corrected chi connectivity index (χ3v) is 4.17. The zero-order chi connectivity index (χ0) is 18.0. The number of amides is 1. The van der Waals surface area contributed by atoms with Gasteiger partial charge in [-0.25, -0.2) is 4.98 Å². The summed E-state index contributed by atoms with van der Waals surface area (Å²) in [7, 11) is 0. The number of hydrogen-bond donors (Lipinski definition) is 2. The molecule has 0 radical (unpaired) electrons. The summed E-state index contributed by atoms with van der Waals surface area (Å²) in [4.78, 5) is 28.4. The van der Waals surface area contributed by atoms with Gasteiger partial charge in [-0.05, 0) is 37.1 Å². The predicted octanol–water partition coefficient (Wildman–Crippen LogP) is 2.33. The van der Waals surface area contributed by atoms with E-state index in [1.54, 1.807) is 29.2 Å². The van der Waals surface area contributed by atoms with Gasteiger partial charge in [0.15, 0.2) is 0 Å². The van der Waals surface area contributed by atoms with Crippen LogP contribution in [0.25, 0.3) is 0 Å². The standard InChI is InChI=1S/C17H18N4O4/c1-11-2-4-14(15(22)8-11)17(23)20-7-6-12(10-20)19-16-5-3-13(9-18-16)21(24)25/h2-5,8-9,12,22H,6-7,10H2,1H3,(H,18,19)/t12-/m1/s1. The monoisotopic (exact) mass is 342 g/mol. The molecule has 0 spiro atoms. The van der Waals surface area contributed by atoms with Crippen molar-refractivity contribution in [3.05, 3.63) is 57.8 Å². The number of nitrogens with one attached hydrogen (secondary N) is 1. The minimum Gasteiger partial charge on any atom is -0.507 e. The molecule has 25 heavy (non-hydrogen) atoms. The number of hydrogen-bond acceptors (Lipinski definition) is 6. The molecular weight excluding hydrogens is 324 g/mol. The van der Waals surface area contributed by atoms with E-state index in [4.69, 9.17) is 0 Å². The topological polar surface area (TPSA) is 109 Å². The molecule has 1 fully saturated rings. The van der Waals surface area contributed by atoms with Crippen molar-refractivity contribution >= 4 is 17.4 Å². The third-order valence-electron chi connectivity index (χ3n) is 4.17. The van der Waals surface area contributed by atoms with Gasteiger partial charge in [-0.3, -0.25) is 14.9 Å². The lowest BCUT2D eigenvalue weighted by molar-refractivity contribution is -0.385. The highest BCUT2D eigenvalue weighted by molar-refractivity contribution is 5.97. The van der Waals surface area contributed by atoms with Crippen LogP contribution in [-0.4, -0.2) is 45.0 Å². The molecule has 0 saturated carbocycles. The normalized spacial score (nSPS) is 16.7. The highest BCUT2D eigenvalue weighted by atomic mass is 16.6. The molecule has 0 unspecified atom stereocenters. The Balaban J connectivity index is 1.63. The van der Waals surface area contributed by atoms with E-state index in [-0.39, 0.29) is 23.4 Å². The van der Waals surface area contributed by atoms with Gasteiger partial charge < -0.3 is 15.3 Å². The Labute approximate surface area is 144 Å². The molecular formula is C17H18N4O4. The van der Waals surface area contributed by atoms with Crippen molar-refractivity contribution < 1.29 is 14.8 Å². The van der Waals surface area contributed by atoms with Gasteiger partial charge in [0.05, 0.1) is 10.5 Å². The molecule has 1 aromatic heterocycles. The highest BCUT2D eigenvalue weighted by Crippen LogP contribution is 2.23. The molecule has 0 bridgehead atoms. The first-order valence-electron chi connectivity index (χ1n) is 7.90. The van der Waals surface area contributed by atoms with Gasteiger partial charge >= 0.3 is 0 Å². The van der Waals surface area contributed by atoms with E-state index in [0.717, 1.165) is 12.0 Å². The molecule has 2 N–H and O–H groups in total. The maximum Gasteiger partial charge on any atom is 0.287 e. The second-order valence-corrected chi connectivity index (χ2v) is 6.06. The lowest BCUT2D eigenvalue weighted by atomic mass is 10.1. The molecule has 1 aliphatic heterocycles. The average molecular weight is 342 g/mol. The van der Waals surface area contributed by atoms with E-state index in [0.29, 0.717) is 24.5 Å². The van der Waals surface area contributed by atoms with E-state index < -0.39 is 4.92 Å². The van der Waals surface area contributed by atoms with Crippen LogP contribution in [0.4, 0.5) is 11.5 Å². The van der Waals surface area contributed by atoms with Crippen LogP contribution in [0.2, 0.25) is 0 Å². The maximum absolute atomic E-state index is 12.5. The van der Waals surface area contributed by atoms with Crippen molar-refractivity contribution in [1.29, 1.82) is 0 Å². The van der Waals surface area contributed by atoms with E-state index in [1.165, 1.54) is 12.3 Å². The summed E-state index contributed by atoms with van der Waals surface area (Å²) in [6, 6.07) is 7.93. The first-order chi connectivity index (χ1) is 11.9. The number of anilines is 1. The molecule has 8 heteroatoms. The second kappa shape index (κ2) is 6.76. The van der Waals surface area contributed by atoms with Crippen LogP contribution in [-0.2, 0) is 0 Å². The third kappa shape index (κ3) is 3.68. The number of rotatable bonds is 4. The van der Waals surface area contributed by atoms with Crippen LogP contribution in [0.15, 0.2) is 36.5 Å². The number of phenolic OH excluding ortho intramolecular Hbond substituents is 1. The van der Waals surface area contributed by atoms with Gasteiger partial charge in [-0.1, -0.05) is 6.07 Å². The number of nitrogens with zero attached hydrogens (tertiary/aromatic N) is 3. The number of pyridine rings is 1. The number of nitro groups is 1. The number of aromatic nitrogens is 1. The van der Waals surface area contributed by atoms with Gasteiger partial charge in [0.2, 0.25) is 0 Å². The zero-order valence-corrected chi connectivity index (χ0v) is 13.7. The van der Waals surface area contributed by atoms with E-state index in [2.05, 4.69) is 10.3 Å². The number of aromatic hydroxyl groups is 1. The Kier molecular flexibility index (Phi) is 4.51. The fraction of sp³-hybridized carbons (Fsp3) is 0.294. The summed E-state index contributed by atoms with van der Waals surface area (Å²) >= 11 is 0. The Morgan fingerprint density at radius 3 is 2.84 bits per heavy atom. The van der Waals surface area contributed by atoms with Crippen molar-refractivity contribution in [2.24, 2.45) is 0 Å². The van der Waals surface area contributed by atoms with E-state index in [9.17, 15) is 20.0 Å². The predicted molar refractivity (Wildman–Crippen MR) is 91.7 cm³/mol. The Morgan fingerprint density at radius 1 is 1.40 bits per heavy atom.